The first-order valence-corrected chi connectivity index (χ1v) is 7.13. The molecule has 0 amide bonds. The van der Waals surface area contributed by atoms with Gasteiger partial charge in [0.1, 0.15) is 11.9 Å². The molecule has 108 valence electrons. The zero-order valence-corrected chi connectivity index (χ0v) is 12.3. The van der Waals surface area contributed by atoms with Crippen LogP contribution in [0.4, 0.5) is 5.82 Å². The SMILES string of the molecule is Cc1cc(NCCCN2CCOCC2)nc(C)c1C#N. The van der Waals surface area contributed by atoms with E-state index in [4.69, 9.17) is 10.00 Å². The van der Waals surface area contributed by atoms with Crippen molar-refractivity contribution in [3.63, 3.8) is 0 Å². The Morgan fingerprint density at radius 1 is 1.40 bits per heavy atom. The fraction of sp³-hybridized carbons (Fsp3) is 0.600. The lowest BCUT2D eigenvalue weighted by molar-refractivity contribution is 0.0378. The number of hydrogen-bond acceptors (Lipinski definition) is 5. The number of anilines is 1. The van der Waals surface area contributed by atoms with Gasteiger partial charge in [0, 0.05) is 19.6 Å². The zero-order valence-electron chi connectivity index (χ0n) is 12.3. The average Bonchev–Trinajstić information content (AvgIpc) is 2.44. The number of nitrogens with zero attached hydrogens (tertiary/aromatic N) is 3. The number of morpholine rings is 1. The lowest BCUT2D eigenvalue weighted by Gasteiger charge is -2.26. The van der Waals surface area contributed by atoms with Crippen molar-refractivity contribution in [2.45, 2.75) is 20.3 Å². The highest BCUT2D eigenvalue weighted by Crippen LogP contribution is 2.15. The number of hydrogen-bond donors (Lipinski definition) is 1. The summed E-state index contributed by atoms with van der Waals surface area (Å²) in [5, 5.41) is 12.4. The summed E-state index contributed by atoms with van der Waals surface area (Å²) in [4.78, 5) is 6.85. The highest BCUT2D eigenvalue weighted by atomic mass is 16.5. The third kappa shape index (κ3) is 3.92. The van der Waals surface area contributed by atoms with Gasteiger partial charge in [-0.05, 0) is 38.4 Å². The Morgan fingerprint density at radius 2 is 2.15 bits per heavy atom. The number of nitrogens with one attached hydrogen (secondary N) is 1. The van der Waals surface area contributed by atoms with Gasteiger partial charge in [0.2, 0.25) is 0 Å². The molecule has 0 spiro atoms. The summed E-state index contributed by atoms with van der Waals surface area (Å²) in [6.07, 6.45) is 1.08. The molecule has 5 heteroatoms. The summed E-state index contributed by atoms with van der Waals surface area (Å²) in [7, 11) is 0. The Balaban J connectivity index is 1.78. The molecule has 1 N–H and O–H groups in total. The maximum Gasteiger partial charge on any atom is 0.126 e. The highest BCUT2D eigenvalue weighted by Gasteiger charge is 2.09. The van der Waals surface area contributed by atoms with E-state index in [1.807, 2.05) is 19.9 Å². The molecule has 1 aliphatic heterocycles. The van der Waals surface area contributed by atoms with E-state index in [-0.39, 0.29) is 0 Å². The summed E-state index contributed by atoms with van der Waals surface area (Å²) in [6.45, 7) is 9.59. The summed E-state index contributed by atoms with van der Waals surface area (Å²) < 4.78 is 5.33. The average molecular weight is 274 g/mol. The molecule has 0 aromatic carbocycles. The molecular formula is C15H22N4O. The largest absolute Gasteiger partial charge is 0.379 e. The molecule has 2 rings (SSSR count). The maximum atomic E-state index is 9.02. The van der Waals surface area contributed by atoms with Gasteiger partial charge >= 0.3 is 0 Å². The zero-order chi connectivity index (χ0) is 14.4. The molecule has 1 aromatic heterocycles. The molecule has 0 unspecified atom stereocenters. The molecule has 0 saturated carbocycles. The molecule has 0 bridgehead atoms. The lowest BCUT2D eigenvalue weighted by atomic mass is 10.1. The summed E-state index contributed by atoms with van der Waals surface area (Å²) in [6, 6.07) is 4.14. The molecule has 0 aliphatic carbocycles. The second-order valence-electron chi connectivity index (χ2n) is 5.13. The molecule has 1 aromatic rings. The maximum absolute atomic E-state index is 9.02. The lowest BCUT2D eigenvalue weighted by Crippen LogP contribution is -2.37. The smallest absolute Gasteiger partial charge is 0.126 e. The van der Waals surface area contributed by atoms with Gasteiger partial charge in [0.25, 0.3) is 0 Å². The second kappa shape index (κ2) is 7.22. The molecule has 1 aliphatic rings. The van der Waals surface area contributed by atoms with Crippen molar-refractivity contribution in [3.05, 3.63) is 22.9 Å². The van der Waals surface area contributed by atoms with E-state index in [0.29, 0.717) is 5.56 Å². The molecule has 5 nitrogen and oxygen atoms in total. The molecular weight excluding hydrogens is 252 g/mol. The molecule has 1 saturated heterocycles. The normalized spacial score (nSPS) is 15.8. The first kappa shape index (κ1) is 14.8. The van der Waals surface area contributed by atoms with Gasteiger partial charge in [-0.2, -0.15) is 5.26 Å². The quantitative estimate of drug-likeness (QED) is 0.828. The predicted molar refractivity (Wildman–Crippen MR) is 78.8 cm³/mol. The standard InChI is InChI=1S/C15H22N4O/c1-12-10-15(18-13(2)14(12)11-16)17-4-3-5-19-6-8-20-9-7-19/h10H,3-9H2,1-2H3,(H,17,18). The van der Waals surface area contributed by atoms with Crippen molar-refractivity contribution in [3.8, 4) is 6.07 Å². The number of aromatic nitrogens is 1. The van der Waals surface area contributed by atoms with Crippen LogP contribution in [0.1, 0.15) is 23.2 Å². The van der Waals surface area contributed by atoms with Crippen LogP contribution in [0.25, 0.3) is 0 Å². The van der Waals surface area contributed by atoms with Crippen LogP contribution in [0.3, 0.4) is 0 Å². The minimum absolute atomic E-state index is 0.684. The van der Waals surface area contributed by atoms with Gasteiger partial charge in [-0.15, -0.1) is 0 Å². The molecule has 1 fully saturated rings. The Kier molecular flexibility index (Phi) is 5.33. The minimum atomic E-state index is 0.684. The van der Waals surface area contributed by atoms with Crippen molar-refractivity contribution in [2.75, 3.05) is 44.7 Å². The van der Waals surface area contributed by atoms with E-state index in [0.717, 1.165) is 62.9 Å². The second-order valence-corrected chi connectivity index (χ2v) is 5.13. The van der Waals surface area contributed by atoms with Crippen molar-refractivity contribution >= 4 is 5.82 Å². The van der Waals surface area contributed by atoms with Crippen molar-refractivity contribution in [1.82, 2.24) is 9.88 Å². The van der Waals surface area contributed by atoms with Crippen LogP contribution in [0.2, 0.25) is 0 Å². The van der Waals surface area contributed by atoms with Crippen LogP contribution in [0.5, 0.6) is 0 Å². The van der Waals surface area contributed by atoms with Gasteiger partial charge in [-0.3, -0.25) is 4.90 Å². The van der Waals surface area contributed by atoms with Gasteiger partial charge < -0.3 is 10.1 Å². The summed E-state index contributed by atoms with van der Waals surface area (Å²) >= 11 is 0. The molecule has 0 radical (unpaired) electrons. The third-order valence-electron chi connectivity index (χ3n) is 3.57. The molecule has 0 atom stereocenters. The van der Waals surface area contributed by atoms with Crippen LogP contribution in [0, 0.1) is 25.2 Å². The van der Waals surface area contributed by atoms with Crippen molar-refractivity contribution in [2.24, 2.45) is 0 Å². The predicted octanol–water partition coefficient (Wildman–Crippen LogP) is 1.70. The fourth-order valence-corrected chi connectivity index (χ4v) is 2.43. The number of ether oxygens (including phenoxy) is 1. The highest BCUT2D eigenvalue weighted by molar-refractivity contribution is 5.48. The Labute approximate surface area is 120 Å². The monoisotopic (exact) mass is 274 g/mol. The van der Waals surface area contributed by atoms with E-state index in [1.165, 1.54) is 0 Å². The van der Waals surface area contributed by atoms with E-state index >= 15 is 0 Å². The molecule has 2 heterocycles. The van der Waals surface area contributed by atoms with Crippen molar-refractivity contribution < 1.29 is 4.74 Å². The van der Waals surface area contributed by atoms with Gasteiger partial charge in [0.05, 0.1) is 24.5 Å². The number of nitriles is 1. The molecule has 20 heavy (non-hydrogen) atoms. The number of pyridine rings is 1. The van der Waals surface area contributed by atoms with Crippen LogP contribution in [-0.4, -0.2) is 49.3 Å². The van der Waals surface area contributed by atoms with Gasteiger partial charge in [-0.25, -0.2) is 4.98 Å². The Hall–Kier alpha value is -1.64. The van der Waals surface area contributed by atoms with Crippen molar-refractivity contribution in [1.29, 1.82) is 5.26 Å². The van der Waals surface area contributed by atoms with Gasteiger partial charge in [0.15, 0.2) is 0 Å². The van der Waals surface area contributed by atoms with E-state index in [1.54, 1.807) is 0 Å². The van der Waals surface area contributed by atoms with E-state index in [9.17, 15) is 0 Å². The van der Waals surface area contributed by atoms with Crippen LogP contribution in [-0.2, 0) is 4.74 Å². The Morgan fingerprint density at radius 3 is 2.80 bits per heavy atom. The summed E-state index contributed by atoms with van der Waals surface area (Å²) in [5.74, 6) is 0.862. The van der Waals surface area contributed by atoms with Crippen LogP contribution in [0.15, 0.2) is 6.07 Å². The number of rotatable bonds is 5. The first-order valence-electron chi connectivity index (χ1n) is 7.13. The Bertz CT molecular complexity index is 466. The topological polar surface area (TPSA) is 61.2 Å². The van der Waals surface area contributed by atoms with Crippen LogP contribution < -0.4 is 5.32 Å². The van der Waals surface area contributed by atoms with Crippen LogP contribution >= 0.6 is 0 Å². The first-order chi connectivity index (χ1) is 9.70. The minimum Gasteiger partial charge on any atom is -0.379 e. The van der Waals surface area contributed by atoms with E-state index < -0.39 is 0 Å². The van der Waals surface area contributed by atoms with E-state index in [2.05, 4.69) is 21.3 Å². The number of aryl methyl sites for hydroxylation is 2. The van der Waals surface area contributed by atoms with Gasteiger partial charge in [-0.1, -0.05) is 0 Å². The third-order valence-corrected chi connectivity index (χ3v) is 3.57. The fourth-order valence-electron chi connectivity index (χ4n) is 2.43. The summed E-state index contributed by atoms with van der Waals surface area (Å²) in [5.41, 5.74) is 2.46.